The van der Waals surface area contributed by atoms with Crippen molar-refractivity contribution < 1.29 is 32.9 Å². The van der Waals surface area contributed by atoms with E-state index in [2.05, 4.69) is 0 Å². The number of aliphatic carboxylic acids is 1. The molecule has 1 spiro atoms. The Morgan fingerprint density at radius 3 is 2.41 bits per heavy atom. The number of nitrogens with zero attached hydrogens (tertiary/aromatic N) is 1. The molecule has 2 aliphatic rings. The highest BCUT2D eigenvalue weighted by molar-refractivity contribution is 5.94. The molecule has 1 aliphatic carbocycles. The van der Waals surface area contributed by atoms with Crippen LogP contribution in [0.15, 0.2) is 36.4 Å². The molecule has 0 amide bonds. The second kappa shape index (κ2) is 7.50. The predicted molar refractivity (Wildman–Crippen MR) is 120 cm³/mol. The molecule has 0 saturated heterocycles. The van der Waals surface area contributed by atoms with Crippen LogP contribution in [0.5, 0.6) is 5.75 Å². The number of fused-ring (bicyclic) bond motifs is 4. The normalized spacial score (nSPS) is 26.0. The van der Waals surface area contributed by atoms with E-state index in [0.29, 0.717) is 22.2 Å². The number of phenols is 1. The average Bonchev–Trinajstić information content (AvgIpc) is 3.18. The summed E-state index contributed by atoms with van der Waals surface area (Å²) in [5, 5.41) is 21.2. The summed E-state index contributed by atoms with van der Waals surface area (Å²) in [7, 11) is 0. The molecule has 0 radical (unpaired) electrons. The van der Waals surface area contributed by atoms with Gasteiger partial charge in [0.15, 0.2) is 11.6 Å². The Hall–Kier alpha value is -3.00. The third-order valence-corrected chi connectivity index (χ3v) is 7.66. The van der Waals surface area contributed by atoms with Crippen molar-refractivity contribution in [2.24, 2.45) is 5.41 Å². The zero-order chi connectivity index (χ0) is 24.5. The van der Waals surface area contributed by atoms with Gasteiger partial charge in [0.05, 0.1) is 23.1 Å². The van der Waals surface area contributed by atoms with Crippen molar-refractivity contribution in [1.82, 2.24) is 4.57 Å². The van der Waals surface area contributed by atoms with Gasteiger partial charge >= 0.3 is 5.97 Å². The van der Waals surface area contributed by atoms with Crippen molar-refractivity contribution in [3.05, 3.63) is 59.3 Å². The van der Waals surface area contributed by atoms with E-state index in [1.54, 1.807) is 18.2 Å². The lowest BCUT2D eigenvalue weighted by Crippen LogP contribution is -2.49. The number of benzene rings is 2. The van der Waals surface area contributed by atoms with Crippen LogP contribution in [0.25, 0.3) is 16.6 Å². The summed E-state index contributed by atoms with van der Waals surface area (Å²) >= 11 is 0. The highest BCUT2D eigenvalue weighted by Gasteiger charge is 2.54. The summed E-state index contributed by atoms with van der Waals surface area (Å²) in [4.78, 5) is 11.9. The lowest BCUT2D eigenvalue weighted by molar-refractivity contribution is -0.163. The number of carbonyl (C=O) groups is 1. The number of hydrogen-bond acceptors (Lipinski definition) is 3. The van der Waals surface area contributed by atoms with Gasteiger partial charge in [-0.05, 0) is 49.9 Å². The number of carboxylic acid groups (broad SMARTS) is 1. The third kappa shape index (κ3) is 3.07. The standard InChI is InChI=1S/C26H26F3NO4/c1-24(2)14-34-26(10-8-25(13-27,9-11-26)23(32)33)21-20-18(4-3-5-19(20)31)30(22(21)24)15-6-7-16(28)17(29)12-15/h3-7,12,31H,8-11,13-14H2,1-2H3,(H,32,33)/t25-,26+. The van der Waals surface area contributed by atoms with Crippen LogP contribution in [0, 0.1) is 17.0 Å². The maximum Gasteiger partial charge on any atom is 0.312 e. The molecule has 5 nitrogen and oxygen atoms in total. The molecule has 1 saturated carbocycles. The number of phenolic OH excluding ortho intramolecular Hbond substituents is 1. The molecule has 0 unspecified atom stereocenters. The zero-order valence-corrected chi connectivity index (χ0v) is 19.0. The fourth-order valence-electron chi connectivity index (χ4n) is 5.69. The molecule has 0 bridgehead atoms. The molecule has 1 aromatic heterocycles. The summed E-state index contributed by atoms with van der Waals surface area (Å²) < 4.78 is 50.1. The number of carboxylic acids is 1. The number of rotatable bonds is 3. The van der Waals surface area contributed by atoms with Gasteiger partial charge in [0, 0.05) is 33.8 Å². The van der Waals surface area contributed by atoms with E-state index in [1.807, 2.05) is 18.4 Å². The molecule has 5 rings (SSSR count). The fourth-order valence-corrected chi connectivity index (χ4v) is 5.69. The summed E-state index contributed by atoms with van der Waals surface area (Å²) in [5.41, 5.74) is -0.459. The summed E-state index contributed by atoms with van der Waals surface area (Å²) in [5.74, 6) is -3.09. The Labute approximate surface area is 194 Å². The summed E-state index contributed by atoms with van der Waals surface area (Å²) in [6.07, 6.45) is 0.698. The smallest absolute Gasteiger partial charge is 0.312 e. The Bertz CT molecular complexity index is 1310. The molecule has 2 heterocycles. The Balaban J connectivity index is 1.80. The van der Waals surface area contributed by atoms with Gasteiger partial charge in [-0.25, -0.2) is 13.2 Å². The van der Waals surface area contributed by atoms with Crippen LogP contribution in [0.1, 0.15) is 50.8 Å². The molecule has 34 heavy (non-hydrogen) atoms. The van der Waals surface area contributed by atoms with Crippen LogP contribution in [-0.2, 0) is 20.5 Å². The first kappa shape index (κ1) is 22.8. The van der Waals surface area contributed by atoms with Crippen LogP contribution in [0.3, 0.4) is 0 Å². The number of hydrogen-bond donors (Lipinski definition) is 2. The lowest BCUT2D eigenvalue weighted by Gasteiger charge is -2.49. The first-order chi connectivity index (χ1) is 16.1. The van der Waals surface area contributed by atoms with E-state index in [0.717, 1.165) is 17.8 Å². The zero-order valence-electron chi connectivity index (χ0n) is 19.0. The van der Waals surface area contributed by atoms with Gasteiger partial charge in [-0.3, -0.25) is 4.79 Å². The largest absolute Gasteiger partial charge is 0.507 e. The highest BCUT2D eigenvalue weighted by atomic mass is 19.2. The molecule has 1 fully saturated rings. The Morgan fingerprint density at radius 1 is 1.09 bits per heavy atom. The molecule has 2 N–H and O–H groups in total. The van der Waals surface area contributed by atoms with Crippen LogP contribution in [0.4, 0.5) is 13.2 Å². The van der Waals surface area contributed by atoms with Gasteiger partial charge in [0.2, 0.25) is 0 Å². The second-order valence-corrected chi connectivity index (χ2v) is 10.2. The monoisotopic (exact) mass is 473 g/mol. The lowest BCUT2D eigenvalue weighted by atomic mass is 9.64. The number of aromatic hydroxyl groups is 1. The molecule has 0 atom stereocenters. The highest BCUT2D eigenvalue weighted by Crippen LogP contribution is 2.57. The van der Waals surface area contributed by atoms with Gasteiger partial charge in [-0.15, -0.1) is 0 Å². The predicted octanol–water partition coefficient (Wildman–Crippen LogP) is 5.73. The van der Waals surface area contributed by atoms with Crippen molar-refractivity contribution in [3.63, 3.8) is 0 Å². The van der Waals surface area contributed by atoms with Gasteiger partial charge < -0.3 is 19.5 Å². The van der Waals surface area contributed by atoms with Crippen molar-refractivity contribution >= 4 is 16.9 Å². The minimum atomic E-state index is -1.46. The van der Waals surface area contributed by atoms with Gasteiger partial charge in [0.25, 0.3) is 0 Å². The molecule has 3 aromatic rings. The SMILES string of the molecule is CC1(C)CO[C@]2(CC[C@@](CF)(C(=O)O)CC2)c2c1n(-c1ccc(F)c(F)c1)c1cccc(O)c12. The first-order valence-electron chi connectivity index (χ1n) is 11.3. The average molecular weight is 473 g/mol. The van der Waals surface area contributed by atoms with E-state index >= 15 is 0 Å². The van der Waals surface area contributed by atoms with Gasteiger partial charge in [0.1, 0.15) is 12.4 Å². The van der Waals surface area contributed by atoms with Crippen molar-refractivity contribution in [3.8, 4) is 11.4 Å². The van der Waals surface area contributed by atoms with Gasteiger partial charge in [-0.1, -0.05) is 19.9 Å². The topological polar surface area (TPSA) is 71.7 Å². The fraction of sp³-hybridized carbons (Fsp3) is 0.423. The number of alkyl halides is 1. The molecular formula is C26H26F3NO4. The Morgan fingerprint density at radius 2 is 1.79 bits per heavy atom. The van der Waals surface area contributed by atoms with Crippen LogP contribution in [-0.4, -0.2) is 34.0 Å². The third-order valence-electron chi connectivity index (χ3n) is 7.66. The van der Waals surface area contributed by atoms with Crippen molar-refractivity contribution in [1.29, 1.82) is 0 Å². The minimum absolute atomic E-state index is 0.0105. The molecule has 180 valence electrons. The second-order valence-electron chi connectivity index (χ2n) is 10.2. The quantitative estimate of drug-likeness (QED) is 0.510. The van der Waals surface area contributed by atoms with E-state index in [4.69, 9.17) is 4.74 Å². The molecule has 8 heteroatoms. The number of aromatic nitrogens is 1. The van der Waals surface area contributed by atoms with E-state index < -0.39 is 40.7 Å². The molecular weight excluding hydrogens is 447 g/mol. The number of ether oxygens (including phenoxy) is 1. The van der Waals surface area contributed by atoms with E-state index in [1.165, 1.54) is 6.07 Å². The maximum atomic E-state index is 14.3. The van der Waals surface area contributed by atoms with Crippen LogP contribution >= 0.6 is 0 Å². The van der Waals surface area contributed by atoms with E-state index in [9.17, 15) is 28.2 Å². The van der Waals surface area contributed by atoms with Crippen molar-refractivity contribution in [2.75, 3.05) is 13.3 Å². The van der Waals surface area contributed by atoms with Gasteiger partial charge in [-0.2, -0.15) is 0 Å². The van der Waals surface area contributed by atoms with Crippen LogP contribution < -0.4 is 0 Å². The van der Waals surface area contributed by atoms with E-state index in [-0.39, 0.29) is 38.0 Å². The van der Waals surface area contributed by atoms with Crippen molar-refractivity contribution in [2.45, 2.75) is 50.5 Å². The number of halogens is 3. The summed E-state index contributed by atoms with van der Waals surface area (Å²) in [6, 6.07) is 8.71. The minimum Gasteiger partial charge on any atom is -0.507 e. The first-order valence-corrected chi connectivity index (χ1v) is 11.3. The maximum absolute atomic E-state index is 14.3. The molecule has 1 aliphatic heterocycles. The summed E-state index contributed by atoms with van der Waals surface area (Å²) in [6.45, 7) is 3.27. The van der Waals surface area contributed by atoms with Crippen LogP contribution in [0.2, 0.25) is 0 Å². The molecule has 2 aromatic carbocycles. The Kier molecular flexibility index (Phi) is 5.02.